The van der Waals surface area contributed by atoms with E-state index in [1.807, 2.05) is 6.07 Å². The second-order valence-electron chi connectivity index (χ2n) is 7.63. The quantitative estimate of drug-likeness (QED) is 0.742. The summed E-state index contributed by atoms with van der Waals surface area (Å²) in [6.07, 6.45) is 1.97. The van der Waals surface area contributed by atoms with E-state index < -0.39 is 11.6 Å². The number of rotatable bonds is 6. The topological polar surface area (TPSA) is 115 Å². The van der Waals surface area contributed by atoms with Crippen LogP contribution in [0, 0.1) is 25.2 Å². The van der Waals surface area contributed by atoms with Gasteiger partial charge in [0.1, 0.15) is 23.4 Å². The molecule has 2 aromatic rings. The summed E-state index contributed by atoms with van der Waals surface area (Å²) >= 11 is 0. The number of ether oxygens (including phenoxy) is 1. The number of amides is 2. The van der Waals surface area contributed by atoms with Crippen molar-refractivity contribution in [2.45, 2.75) is 45.6 Å². The van der Waals surface area contributed by atoms with Crippen molar-refractivity contribution in [1.82, 2.24) is 9.88 Å². The number of carbonyl (C=O) groups excluding carboxylic acids is 2. The molecule has 1 unspecified atom stereocenters. The average Bonchev–Trinajstić information content (AvgIpc) is 3.24. The molecule has 2 N–H and O–H groups in total. The molecular weight excluding hydrogens is 396 g/mol. The van der Waals surface area contributed by atoms with Gasteiger partial charge in [0.05, 0.1) is 7.11 Å². The number of aromatic nitrogens is 1. The molecule has 8 nitrogen and oxygen atoms in total. The van der Waals surface area contributed by atoms with E-state index in [1.54, 1.807) is 50.1 Å². The first-order valence-electron chi connectivity index (χ1n) is 10.2. The SMILES string of the molecule is COc1ccc(NC(=O)C2CCCN2C(=O)CCc2c(C)[nH]c(=O)c(C#N)c2C)cc1. The van der Waals surface area contributed by atoms with Crippen molar-refractivity contribution in [3.63, 3.8) is 0 Å². The number of hydrogen-bond acceptors (Lipinski definition) is 5. The summed E-state index contributed by atoms with van der Waals surface area (Å²) in [5.41, 5.74) is 2.36. The Morgan fingerprint density at radius 3 is 2.65 bits per heavy atom. The molecule has 0 aliphatic carbocycles. The van der Waals surface area contributed by atoms with E-state index in [0.717, 1.165) is 12.0 Å². The lowest BCUT2D eigenvalue weighted by Crippen LogP contribution is -2.43. The molecule has 1 fully saturated rings. The zero-order valence-electron chi connectivity index (χ0n) is 17.9. The van der Waals surface area contributed by atoms with Crippen molar-refractivity contribution < 1.29 is 14.3 Å². The number of nitrogens with one attached hydrogen (secondary N) is 2. The number of pyridine rings is 1. The summed E-state index contributed by atoms with van der Waals surface area (Å²) in [4.78, 5) is 41.9. The van der Waals surface area contributed by atoms with Crippen molar-refractivity contribution in [3.8, 4) is 11.8 Å². The lowest BCUT2D eigenvalue weighted by Gasteiger charge is -2.24. The number of aryl methyl sites for hydroxylation is 1. The lowest BCUT2D eigenvalue weighted by atomic mass is 9.99. The standard InChI is InChI=1S/C23H26N4O4/c1-14-18(15(2)25-22(29)19(14)13-24)10-11-21(28)27-12-4-5-20(27)23(30)26-16-6-8-17(31-3)9-7-16/h6-9,20H,4-5,10-12H2,1-3H3,(H,25,29)(H,26,30). The van der Waals surface area contributed by atoms with Gasteiger partial charge >= 0.3 is 0 Å². The number of hydrogen-bond donors (Lipinski definition) is 2. The minimum atomic E-state index is -0.512. The first-order chi connectivity index (χ1) is 14.8. The number of anilines is 1. The van der Waals surface area contributed by atoms with E-state index in [4.69, 9.17) is 4.74 Å². The Balaban J connectivity index is 1.67. The number of methoxy groups -OCH3 is 1. The lowest BCUT2D eigenvalue weighted by molar-refractivity contribution is -0.136. The van der Waals surface area contributed by atoms with Crippen LogP contribution < -0.4 is 15.6 Å². The van der Waals surface area contributed by atoms with Gasteiger partial charge < -0.3 is 19.9 Å². The molecule has 2 heterocycles. The predicted octanol–water partition coefficient (Wildman–Crippen LogP) is 2.43. The van der Waals surface area contributed by atoms with E-state index in [0.29, 0.717) is 42.1 Å². The normalized spacial score (nSPS) is 15.4. The molecule has 0 spiro atoms. The molecule has 1 aliphatic rings. The van der Waals surface area contributed by atoms with Crippen LogP contribution in [0.1, 0.15) is 41.6 Å². The van der Waals surface area contributed by atoms with Crippen molar-refractivity contribution >= 4 is 17.5 Å². The number of nitriles is 1. The van der Waals surface area contributed by atoms with Crippen LogP contribution >= 0.6 is 0 Å². The molecule has 8 heteroatoms. The Hall–Kier alpha value is -3.60. The maximum absolute atomic E-state index is 12.9. The monoisotopic (exact) mass is 422 g/mol. The first kappa shape index (κ1) is 22.1. The Labute approximate surface area is 180 Å². The molecule has 1 aliphatic heterocycles. The van der Waals surface area contributed by atoms with E-state index in [2.05, 4.69) is 10.3 Å². The third-order valence-corrected chi connectivity index (χ3v) is 5.74. The van der Waals surface area contributed by atoms with Gasteiger partial charge in [-0.3, -0.25) is 14.4 Å². The molecule has 0 saturated carbocycles. The zero-order valence-corrected chi connectivity index (χ0v) is 17.9. The van der Waals surface area contributed by atoms with Crippen LogP contribution in [-0.2, 0) is 16.0 Å². The summed E-state index contributed by atoms with van der Waals surface area (Å²) < 4.78 is 5.12. The molecule has 1 saturated heterocycles. The molecule has 162 valence electrons. The molecule has 2 amide bonds. The van der Waals surface area contributed by atoms with Gasteiger partial charge in [-0.25, -0.2) is 0 Å². The third-order valence-electron chi connectivity index (χ3n) is 5.74. The molecular formula is C23H26N4O4. The Kier molecular flexibility index (Phi) is 6.75. The van der Waals surface area contributed by atoms with Gasteiger partial charge in [-0.2, -0.15) is 5.26 Å². The maximum Gasteiger partial charge on any atom is 0.266 e. The van der Waals surface area contributed by atoms with E-state index in [9.17, 15) is 19.6 Å². The smallest absolute Gasteiger partial charge is 0.266 e. The number of likely N-dealkylation sites (tertiary alicyclic amines) is 1. The van der Waals surface area contributed by atoms with Crippen molar-refractivity contribution in [2.75, 3.05) is 19.0 Å². The highest BCUT2D eigenvalue weighted by molar-refractivity contribution is 5.97. The molecule has 3 rings (SSSR count). The highest BCUT2D eigenvalue weighted by Crippen LogP contribution is 2.23. The molecule has 0 radical (unpaired) electrons. The maximum atomic E-state index is 12.9. The van der Waals surface area contributed by atoms with Crippen molar-refractivity contribution in [2.24, 2.45) is 0 Å². The number of nitrogens with zero attached hydrogens (tertiary/aromatic N) is 2. The van der Waals surface area contributed by atoms with Crippen LogP contribution in [0.25, 0.3) is 0 Å². The minimum Gasteiger partial charge on any atom is -0.497 e. The molecule has 31 heavy (non-hydrogen) atoms. The van der Waals surface area contributed by atoms with Gasteiger partial charge in [-0.05, 0) is 68.5 Å². The molecule has 1 atom stereocenters. The van der Waals surface area contributed by atoms with Crippen molar-refractivity contribution in [3.05, 3.63) is 57.0 Å². The summed E-state index contributed by atoms with van der Waals surface area (Å²) in [6.45, 7) is 4.02. The van der Waals surface area contributed by atoms with Crippen LogP contribution in [0.3, 0.4) is 0 Å². The van der Waals surface area contributed by atoms with Gasteiger partial charge in [-0.15, -0.1) is 0 Å². The Morgan fingerprint density at radius 1 is 1.29 bits per heavy atom. The van der Waals surface area contributed by atoms with Gasteiger partial charge in [0.2, 0.25) is 11.8 Å². The minimum absolute atomic E-state index is 0.0750. The highest BCUT2D eigenvalue weighted by atomic mass is 16.5. The number of aromatic amines is 1. The highest BCUT2D eigenvalue weighted by Gasteiger charge is 2.34. The summed E-state index contributed by atoms with van der Waals surface area (Å²) in [7, 11) is 1.58. The van der Waals surface area contributed by atoms with Crippen LogP contribution in [-0.4, -0.2) is 41.4 Å². The van der Waals surface area contributed by atoms with E-state index >= 15 is 0 Å². The fourth-order valence-electron chi connectivity index (χ4n) is 4.03. The molecule has 0 bridgehead atoms. The van der Waals surface area contributed by atoms with Gasteiger partial charge in [0.25, 0.3) is 5.56 Å². The molecule has 1 aromatic heterocycles. The third kappa shape index (κ3) is 4.77. The average molecular weight is 422 g/mol. The van der Waals surface area contributed by atoms with Crippen LogP contribution in [0.4, 0.5) is 5.69 Å². The molecule has 1 aromatic carbocycles. The summed E-state index contributed by atoms with van der Waals surface area (Å²) in [5.74, 6) is 0.373. The van der Waals surface area contributed by atoms with Crippen LogP contribution in [0.5, 0.6) is 5.75 Å². The van der Waals surface area contributed by atoms with E-state index in [-0.39, 0.29) is 23.8 Å². The fourth-order valence-corrected chi connectivity index (χ4v) is 4.03. The number of benzene rings is 1. The first-order valence-corrected chi connectivity index (χ1v) is 10.2. The van der Waals surface area contributed by atoms with Gasteiger partial charge in [-0.1, -0.05) is 0 Å². The van der Waals surface area contributed by atoms with Crippen LogP contribution in [0.15, 0.2) is 29.1 Å². The predicted molar refractivity (Wildman–Crippen MR) is 116 cm³/mol. The Bertz CT molecular complexity index is 1080. The largest absolute Gasteiger partial charge is 0.497 e. The Morgan fingerprint density at radius 2 is 2.00 bits per heavy atom. The summed E-state index contributed by atoms with van der Waals surface area (Å²) in [5, 5.41) is 12.1. The van der Waals surface area contributed by atoms with Gasteiger partial charge in [0, 0.05) is 24.3 Å². The number of H-pyrrole nitrogens is 1. The van der Waals surface area contributed by atoms with E-state index in [1.165, 1.54) is 0 Å². The van der Waals surface area contributed by atoms with Crippen LogP contribution in [0.2, 0.25) is 0 Å². The number of carbonyl (C=O) groups is 2. The summed E-state index contributed by atoms with van der Waals surface area (Å²) in [6, 6.07) is 8.45. The second-order valence-corrected chi connectivity index (χ2v) is 7.63. The van der Waals surface area contributed by atoms with Gasteiger partial charge in [0.15, 0.2) is 0 Å². The van der Waals surface area contributed by atoms with Crippen molar-refractivity contribution in [1.29, 1.82) is 5.26 Å². The second kappa shape index (κ2) is 9.47. The zero-order chi connectivity index (χ0) is 22.5. The fraction of sp³-hybridized carbons (Fsp3) is 0.391.